The normalized spacial score (nSPS) is 12.2. The number of carbonyl (C=O) groups excluding carboxylic acids is 1. The monoisotopic (exact) mass is 322 g/mol. The van der Waals surface area contributed by atoms with Gasteiger partial charge >= 0.3 is 0 Å². The number of halogens is 1. The highest BCUT2D eigenvalue weighted by Gasteiger charge is 2.07. The summed E-state index contributed by atoms with van der Waals surface area (Å²) in [5.74, 6) is -0.148. The number of aromatic nitrogens is 1. The van der Waals surface area contributed by atoms with Crippen LogP contribution in [0.3, 0.4) is 0 Å². The predicted octanol–water partition coefficient (Wildman–Crippen LogP) is 3.62. The van der Waals surface area contributed by atoms with Crippen molar-refractivity contribution in [2.24, 2.45) is 12.0 Å². The molecule has 0 saturated heterocycles. The van der Waals surface area contributed by atoms with Gasteiger partial charge in [-0.25, -0.2) is 0 Å². The number of aryl methyl sites for hydroxylation is 1. The van der Waals surface area contributed by atoms with Gasteiger partial charge in [0.05, 0.1) is 21.0 Å². The summed E-state index contributed by atoms with van der Waals surface area (Å²) in [7, 11) is 1.92. The molecule has 6 heteroatoms. The van der Waals surface area contributed by atoms with Crippen LogP contribution in [0.2, 0.25) is 4.34 Å². The molecule has 3 nitrogen and oxygen atoms in total. The first-order valence-corrected chi connectivity index (χ1v) is 8.01. The van der Waals surface area contributed by atoms with Gasteiger partial charge in [0.2, 0.25) is 0 Å². The molecule has 20 heavy (non-hydrogen) atoms. The van der Waals surface area contributed by atoms with Crippen molar-refractivity contribution in [1.82, 2.24) is 4.57 Å². The molecule has 2 heterocycles. The summed E-state index contributed by atoms with van der Waals surface area (Å²) in [4.78, 5) is 17.9. The van der Waals surface area contributed by atoms with Gasteiger partial charge in [0.15, 0.2) is 4.80 Å². The Labute approximate surface area is 128 Å². The van der Waals surface area contributed by atoms with E-state index in [2.05, 4.69) is 4.99 Å². The van der Waals surface area contributed by atoms with Gasteiger partial charge in [-0.05, 0) is 24.3 Å². The molecule has 0 aliphatic carbocycles. The number of hydrogen-bond donors (Lipinski definition) is 0. The number of thiophene rings is 1. The van der Waals surface area contributed by atoms with Crippen molar-refractivity contribution in [3.63, 3.8) is 0 Å². The maximum atomic E-state index is 12.0. The Morgan fingerprint density at radius 3 is 2.75 bits per heavy atom. The minimum atomic E-state index is -0.148. The largest absolute Gasteiger partial charge is 0.319 e. The number of para-hydroxylation sites is 1. The Morgan fingerprint density at radius 1 is 1.25 bits per heavy atom. The summed E-state index contributed by atoms with van der Waals surface area (Å²) < 4.78 is 3.76. The molecular weight excluding hydrogens is 312 g/mol. The predicted molar refractivity (Wildman–Crippen MR) is 84.4 cm³/mol. The molecule has 0 atom stereocenters. The average molecular weight is 323 g/mol. The van der Waals surface area contributed by atoms with Gasteiger partial charge in [-0.2, -0.15) is 4.99 Å². The summed E-state index contributed by atoms with van der Waals surface area (Å²) in [6, 6.07) is 11.7. The molecule has 0 N–H and O–H groups in total. The third kappa shape index (κ3) is 2.70. The number of fused-ring (bicyclic) bond motifs is 1. The van der Waals surface area contributed by atoms with E-state index >= 15 is 0 Å². The fourth-order valence-corrected chi connectivity index (χ4v) is 4.04. The van der Waals surface area contributed by atoms with Crippen molar-refractivity contribution in [3.05, 3.63) is 50.4 Å². The van der Waals surface area contributed by atoms with E-state index in [1.165, 1.54) is 22.7 Å². The van der Waals surface area contributed by atoms with Gasteiger partial charge in [0.25, 0.3) is 5.91 Å². The molecule has 0 bridgehead atoms. The van der Waals surface area contributed by atoms with Crippen molar-refractivity contribution in [3.8, 4) is 0 Å². The number of benzene rings is 1. The van der Waals surface area contributed by atoms with Gasteiger partial charge in [-0.15, -0.1) is 11.3 Å². The van der Waals surface area contributed by atoms with E-state index in [9.17, 15) is 4.79 Å². The second-order valence-electron chi connectivity index (χ2n) is 4.30. The number of amides is 1. The van der Waals surface area contributed by atoms with Crippen LogP contribution in [0.15, 0.2) is 41.4 Å². The van der Waals surface area contributed by atoms with Crippen molar-refractivity contribution >= 4 is 50.4 Å². The molecule has 1 aromatic carbocycles. The first kappa shape index (κ1) is 13.5. The molecule has 0 saturated carbocycles. The summed E-state index contributed by atoms with van der Waals surface area (Å²) in [5, 5.41) is 0. The molecule has 102 valence electrons. The van der Waals surface area contributed by atoms with Crippen molar-refractivity contribution < 1.29 is 4.79 Å². The fourth-order valence-electron chi connectivity index (χ4n) is 1.93. The van der Waals surface area contributed by atoms with Crippen LogP contribution in [0.5, 0.6) is 0 Å². The number of hydrogen-bond acceptors (Lipinski definition) is 3. The first-order chi connectivity index (χ1) is 9.63. The summed E-state index contributed by atoms with van der Waals surface area (Å²) in [5.41, 5.74) is 1.09. The van der Waals surface area contributed by atoms with E-state index in [0.29, 0.717) is 10.8 Å². The molecule has 0 radical (unpaired) electrons. The zero-order valence-corrected chi connectivity index (χ0v) is 13.1. The van der Waals surface area contributed by atoms with Crippen LogP contribution >= 0.6 is 34.3 Å². The Kier molecular flexibility index (Phi) is 3.74. The third-order valence-corrected chi connectivity index (χ3v) is 5.23. The number of rotatable bonds is 2. The zero-order valence-electron chi connectivity index (χ0n) is 10.7. The van der Waals surface area contributed by atoms with Gasteiger partial charge in [0, 0.05) is 11.9 Å². The molecular formula is C14H11ClN2OS2. The number of thiazole rings is 1. The molecule has 0 aliphatic rings. The highest BCUT2D eigenvalue weighted by atomic mass is 35.5. The van der Waals surface area contributed by atoms with Crippen LogP contribution in [0.25, 0.3) is 10.2 Å². The summed E-state index contributed by atoms with van der Waals surface area (Å²) >= 11 is 8.80. The topological polar surface area (TPSA) is 34.4 Å². The second-order valence-corrected chi connectivity index (χ2v) is 7.11. The van der Waals surface area contributed by atoms with Crippen molar-refractivity contribution in [1.29, 1.82) is 0 Å². The molecule has 0 spiro atoms. The lowest BCUT2D eigenvalue weighted by Gasteiger charge is -1.94. The Bertz CT molecular complexity index is 844. The molecule has 1 amide bonds. The average Bonchev–Trinajstić information content (AvgIpc) is 2.95. The second kappa shape index (κ2) is 5.52. The summed E-state index contributed by atoms with van der Waals surface area (Å²) in [6.07, 6.45) is 0.297. The number of carbonyl (C=O) groups is 1. The van der Waals surface area contributed by atoms with E-state index in [0.717, 1.165) is 19.9 Å². The lowest BCUT2D eigenvalue weighted by Crippen LogP contribution is -2.13. The van der Waals surface area contributed by atoms with Gasteiger partial charge in [-0.3, -0.25) is 4.79 Å². The van der Waals surface area contributed by atoms with Crippen LogP contribution in [0.1, 0.15) is 4.88 Å². The van der Waals surface area contributed by atoms with E-state index in [1.54, 1.807) is 6.07 Å². The van der Waals surface area contributed by atoms with Gasteiger partial charge in [-0.1, -0.05) is 35.1 Å². The molecule has 0 unspecified atom stereocenters. The molecule has 0 fully saturated rings. The van der Waals surface area contributed by atoms with Crippen LogP contribution in [-0.2, 0) is 18.3 Å². The third-order valence-electron chi connectivity index (χ3n) is 2.89. The molecule has 2 aromatic heterocycles. The smallest absolute Gasteiger partial charge is 0.253 e. The Balaban J connectivity index is 1.93. The van der Waals surface area contributed by atoms with Crippen LogP contribution in [0.4, 0.5) is 0 Å². The van der Waals surface area contributed by atoms with E-state index in [1.807, 2.05) is 41.9 Å². The van der Waals surface area contributed by atoms with E-state index < -0.39 is 0 Å². The maximum absolute atomic E-state index is 12.0. The van der Waals surface area contributed by atoms with Crippen LogP contribution < -0.4 is 4.80 Å². The lowest BCUT2D eigenvalue weighted by molar-refractivity contribution is -0.117. The minimum Gasteiger partial charge on any atom is -0.319 e. The first-order valence-electron chi connectivity index (χ1n) is 6.00. The van der Waals surface area contributed by atoms with Gasteiger partial charge in [0.1, 0.15) is 0 Å². The zero-order chi connectivity index (χ0) is 14.1. The van der Waals surface area contributed by atoms with Crippen LogP contribution in [-0.4, -0.2) is 10.5 Å². The standard InChI is InChI=1S/C14H11ClN2OS2/c1-17-10-4-2-3-5-11(10)20-14(17)16-13(18)8-9-6-7-12(15)19-9/h2-7H,8H2,1H3. The van der Waals surface area contributed by atoms with E-state index in [4.69, 9.17) is 11.6 Å². The quantitative estimate of drug-likeness (QED) is 0.709. The molecule has 3 aromatic rings. The van der Waals surface area contributed by atoms with Crippen molar-refractivity contribution in [2.75, 3.05) is 0 Å². The highest BCUT2D eigenvalue weighted by molar-refractivity contribution is 7.16. The van der Waals surface area contributed by atoms with Crippen molar-refractivity contribution in [2.45, 2.75) is 6.42 Å². The highest BCUT2D eigenvalue weighted by Crippen LogP contribution is 2.22. The summed E-state index contributed by atoms with van der Waals surface area (Å²) in [6.45, 7) is 0. The minimum absolute atomic E-state index is 0.148. The van der Waals surface area contributed by atoms with Crippen LogP contribution in [0, 0.1) is 0 Å². The SMILES string of the molecule is Cn1c(=NC(=O)Cc2ccc(Cl)s2)sc2ccccc21. The van der Waals surface area contributed by atoms with E-state index in [-0.39, 0.29) is 5.91 Å². The lowest BCUT2D eigenvalue weighted by atomic mass is 10.3. The molecule has 3 rings (SSSR count). The Morgan fingerprint density at radius 2 is 2.05 bits per heavy atom. The maximum Gasteiger partial charge on any atom is 0.253 e. The Hall–Kier alpha value is -1.43. The molecule has 0 aliphatic heterocycles. The number of nitrogens with zero attached hydrogens (tertiary/aromatic N) is 2. The van der Waals surface area contributed by atoms with Gasteiger partial charge < -0.3 is 4.57 Å². The fraction of sp³-hybridized carbons (Fsp3) is 0.143.